The highest BCUT2D eigenvalue weighted by atomic mass is 16.5. The van der Waals surface area contributed by atoms with Gasteiger partial charge in [0.05, 0.1) is 12.7 Å². The average Bonchev–Trinajstić information content (AvgIpc) is 2.77. The third-order valence-corrected chi connectivity index (χ3v) is 5.64. The van der Waals surface area contributed by atoms with Gasteiger partial charge in [0.25, 0.3) is 0 Å². The van der Waals surface area contributed by atoms with E-state index in [1.54, 1.807) is 0 Å². The van der Waals surface area contributed by atoms with E-state index in [9.17, 15) is 0 Å². The molecule has 0 aliphatic carbocycles. The van der Waals surface area contributed by atoms with Crippen LogP contribution in [0.2, 0.25) is 0 Å². The van der Waals surface area contributed by atoms with E-state index < -0.39 is 0 Å². The number of ether oxygens (including phenoxy) is 2. The van der Waals surface area contributed by atoms with Crippen molar-refractivity contribution in [2.75, 3.05) is 19.8 Å². The van der Waals surface area contributed by atoms with E-state index in [4.69, 9.17) is 9.47 Å². The van der Waals surface area contributed by atoms with E-state index in [2.05, 4.69) is 45.1 Å². The standard InChI is InChI=1S/C29H55O2/c1-4-6-8-10-12-13-14-15-16-17-18-19-20-21-23-25-27-31-29(3)28-30-26-24-22-11-9-7-5-2/h12-13,15-16,29H,3-11,14,17-28H2,1-2H3/b13-12-,16-15-/t29-/m0/s1. The molecule has 0 amide bonds. The Morgan fingerprint density at radius 2 is 1.06 bits per heavy atom. The van der Waals surface area contributed by atoms with Crippen molar-refractivity contribution in [3.8, 4) is 0 Å². The van der Waals surface area contributed by atoms with Crippen LogP contribution in [0.4, 0.5) is 0 Å². The molecule has 0 aromatic rings. The summed E-state index contributed by atoms with van der Waals surface area (Å²) in [5, 5.41) is 0. The Bertz CT molecular complexity index is 375. The zero-order chi connectivity index (χ0) is 22.7. The van der Waals surface area contributed by atoms with Crippen molar-refractivity contribution in [2.45, 2.75) is 136 Å². The normalized spacial score (nSPS) is 13.0. The predicted molar refractivity (Wildman–Crippen MR) is 139 cm³/mol. The second kappa shape index (κ2) is 27.4. The molecular formula is C29H55O2. The Labute approximate surface area is 196 Å². The second-order valence-corrected chi connectivity index (χ2v) is 8.92. The van der Waals surface area contributed by atoms with Gasteiger partial charge in [-0.1, -0.05) is 109 Å². The molecular weight excluding hydrogens is 380 g/mol. The van der Waals surface area contributed by atoms with Gasteiger partial charge in [-0.15, -0.1) is 0 Å². The number of rotatable bonds is 25. The number of hydrogen-bond acceptors (Lipinski definition) is 2. The highest BCUT2D eigenvalue weighted by molar-refractivity contribution is 4.92. The van der Waals surface area contributed by atoms with E-state index in [0.29, 0.717) is 6.61 Å². The van der Waals surface area contributed by atoms with Crippen molar-refractivity contribution in [1.29, 1.82) is 0 Å². The van der Waals surface area contributed by atoms with E-state index >= 15 is 0 Å². The summed E-state index contributed by atoms with van der Waals surface area (Å²) in [7, 11) is 0. The second-order valence-electron chi connectivity index (χ2n) is 8.92. The molecule has 0 saturated carbocycles. The fourth-order valence-corrected chi connectivity index (χ4v) is 3.59. The lowest BCUT2D eigenvalue weighted by atomic mass is 10.1. The summed E-state index contributed by atoms with van der Waals surface area (Å²) in [4.78, 5) is 0. The van der Waals surface area contributed by atoms with Crippen LogP contribution in [-0.4, -0.2) is 25.9 Å². The van der Waals surface area contributed by atoms with Crippen LogP contribution >= 0.6 is 0 Å². The maximum absolute atomic E-state index is 5.77. The molecule has 0 aliphatic heterocycles. The van der Waals surface area contributed by atoms with Crippen molar-refractivity contribution < 1.29 is 9.47 Å². The Morgan fingerprint density at radius 1 is 0.581 bits per heavy atom. The molecule has 2 nitrogen and oxygen atoms in total. The predicted octanol–water partition coefficient (Wildman–Crippen LogP) is 9.40. The lowest BCUT2D eigenvalue weighted by Crippen LogP contribution is -2.17. The SMILES string of the molecule is [CH2][C@@H](COCCCCCCCC)OCCCCCCCC/C=C\C/C=C\CCCCC. The molecule has 0 aromatic carbocycles. The Morgan fingerprint density at radius 3 is 1.71 bits per heavy atom. The van der Waals surface area contributed by atoms with Crippen LogP contribution in [0.1, 0.15) is 129 Å². The first-order valence-electron chi connectivity index (χ1n) is 13.6. The lowest BCUT2D eigenvalue weighted by Gasteiger charge is -2.13. The molecule has 0 saturated heterocycles. The summed E-state index contributed by atoms with van der Waals surface area (Å²) in [5.41, 5.74) is 0. The molecule has 0 bridgehead atoms. The quantitative estimate of drug-likeness (QED) is 0.105. The van der Waals surface area contributed by atoms with Crippen molar-refractivity contribution in [3.05, 3.63) is 31.2 Å². The first kappa shape index (κ1) is 30.4. The van der Waals surface area contributed by atoms with Gasteiger partial charge in [-0.25, -0.2) is 0 Å². The molecule has 0 N–H and O–H groups in total. The van der Waals surface area contributed by atoms with Crippen LogP contribution in [0.15, 0.2) is 24.3 Å². The smallest absolute Gasteiger partial charge is 0.0809 e. The van der Waals surface area contributed by atoms with Gasteiger partial charge in [0.2, 0.25) is 0 Å². The molecule has 1 radical (unpaired) electrons. The summed E-state index contributed by atoms with van der Waals surface area (Å²) < 4.78 is 11.5. The Kier molecular flexibility index (Phi) is 26.9. The van der Waals surface area contributed by atoms with Crippen LogP contribution in [0.5, 0.6) is 0 Å². The summed E-state index contributed by atoms with van der Waals surface area (Å²) in [6.45, 7) is 10.9. The van der Waals surface area contributed by atoms with Crippen LogP contribution in [-0.2, 0) is 9.47 Å². The fourth-order valence-electron chi connectivity index (χ4n) is 3.59. The lowest BCUT2D eigenvalue weighted by molar-refractivity contribution is 0.00440. The molecule has 0 spiro atoms. The van der Waals surface area contributed by atoms with E-state index in [1.165, 1.54) is 103 Å². The van der Waals surface area contributed by atoms with Gasteiger partial charge in [-0.05, 0) is 51.9 Å². The van der Waals surface area contributed by atoms with E-state index in [-0.39, 0.29) is 6.10 Å². The highest BCUT2D eigenvalue weighted by Crippen LogP contribution is 2.09. The summed E-state index contributed by atoms with van der Waals surface area (Å²) in [6.07, 6.45) is 32.5. The fraction of sp³-hybridized carbons (Fsp3) is 0.828. The monoisotopic (exact) mass is 435 g/mol. The minimum absolute atomic E-state index is 0.0157. The summed E-state index contributed by atoms with van der Waals surface area (Å²) in [6, 6.07) is 0. The maximum atomic E-state index is 5.77. The van der Waals surface area contributed by atoms with Gasteiger partial charge in [0.15, 0.2) is 0 Å². The van der Waals surface area contributed by atoms with Gasteiger partial charge < -0.3 is 9.47 Å². The van der Waals surface area contributed by atoms with Gasteiger partial charge in [-0.3, -0.25) is 0 Å². The van der Waals surface area contributed by atoms with E-state index in [0.717, 1.165) is 26.1 Å². The van der Waals surface area contributed by atoms with Crippen LogP contribution < -0.4 is 0 Å². The Hall–Kier alpha value is -0.600. The number of allylic oxidation sites excluding steroid dienone is 4. The van der Waals surface area contributed by atoms with Crippen molar-refractivity contribution in [2.24, 2.45) is 0 Å². The first-order valence-corrected chi connectivity index (χ1v) is 13.6. The number of unbranched alkanes of at least 4 members (excludes halogenated alkanes) is 14. The summed E-state index contributed by atoms with van der Waals surface area (Å²) in [5.74, 6) is 0. The molecule has 31 heavy (non-hydrogen) atoms. The van der Waals surface area contributed by atoms with Crippen molar-refractivity contribution in [3.63, 3.8) is 0 Å². The molecule has 0 fully saturated rings. The van der Waals surface area contributed by atoms with E-state index in [1.807, 2.05) is 0 Å². The molecule has 0 unspecified atom stereocenters. The third kappa shape index (κ3) is 27.4. The third-order valence-electron chi connectivity index (χ3n) is 5.64. The molecule has 0 rings (SSSR count). The first-order chi connectivity index (χ1) is 15.3. The highest BCUT2D eigenvalue weighted by Gasteiger charge is 2.02. The van der Waals surface area contributed by atoms with Gasteiger partial charge >= 0.3 is 0 Å². The average molecular weight is 436 g/mol. The molecule has 0 aliphatic rings. The zero-order valence-electron chi connectivity index (χ0n) is 21.3. The van der Waals surface area contributed by atoms with Crippen LogP contribution in [0, 0.1) is 6.92 Å². The van der Waals surface area contributed by atoms with Gasteiger partial charge in [-0.2, -0.15) is 0 Å². The molecule has 0 heterocycles. The Balaban J connectivity index is 3.22. The number of hydrogen-bond donors (Lipinski definition) is 0. The topological polar surface area (TPSA) is 18.5 Å². The maximum Gasteiger partial charge on any atom is 0.0809 e. The van der Waals surface area contributed by atoms with Gasteiger partial charge in [0, 0.05) is 13.2 Å². The minimum atomic E-state index is -0.0157. The van der Waals surface area contributed by atoms with Crippen LogP contribution in [0.25, 0.3) is 0 Å². The minimum Gasteiger partial charge on any atom is -0.379 e. The summed E-state index contributed by atoms with van der Waals surface area (Å²) >= 11 is 0. The molecule has 0 aromatic heterocycles. The van der Waals surface area contributed by atoms with Crippen LogP contribution in [0.3, 0.4) is 0 Å². The molecule has 183 valence electrons. The molecule has 1 atom stereocenters. The van der Waals surface area contributed by atoms with Gasteiger partial charge in [0.1, 0.15) is 0 Å². The van der Waals surface area contributed by atoms with Crippen molar-refractivity contribution in [1.82, 2.24) is 0 Å². The zero-order valence-corrected chi connectivity index (χ0v) is 21.3. The molecule has 2 heteroatoms. The largest absolute Gasteiger partial charge is 0.379 e. The van der Waals surface area contributed by atoms with Crippen molar-refractivity contribution >= 4 is 0 Å².